The first-order chi connectivity index (χ1) is 5.66. The molecule has 66 valence electrons. The van der Waals surface area contributed by atoms with E-state index < -0.39 is 0 Å². The second kappa shape index (κ2) is 1.95. The predicted octanol–water partition coefficient (Wildman–Crippen LogP) is 1.51. The van der Waals surface area contributed by atoms with Gasteiger partial charge in [-0.05, 0) is 18.3 Å². The Hall–Kier alpha value is -0.300. The van der Waals surface area contributed by atoms with Crippen molar-refractivity contribution in [2.75, 3.05) is 27.2 Å². The fraction of sp³-hybridized carbons (Fsp3) is 0.818. The minimum atomic E-state index is 0.958. The Labute approximate surface area is 74.7 Å². The van der Waals surface area contributed by atoms with Crippen LogP contribution in [0.2, 0.25) is 0 Å². The molecule has 2 aliphatic carbocycles. The molecule has 0 aromatic rings. The van der Waals surface area contributed by atoms with Crippen LogP contribution in [0, 0.1) is 23.7 Å². The number of hydrogen-bond donors (Lipinski definition) is 0. The summed E-state index contributed by atoms with van der Waals surface area (Å²) in [5.41, 5.74) is 0. The van der Waals surface area contributed by atoms with Crippen LogP contribution in [0.15, 0.2) is 12.2 Å². The molecule has 1 saturated heterocycles. The number of hydrogen-bond acceptors (Lipinski definition) is 0. The van der Waals surface area contributed by atoms with Crippen LogP contribution in [-0.2, 0) is 0 Å². The molecule has 0 spiro atoms. The second-order valence-corrected chi connectivity index (χ2v) is 5.58. The van der Waals surface area contributed by atoms with Gasteiger partial charge in [0.1, 0.15) is 0 Å². The zero-order valence-corrected chi connectivity index (χ0v) is 8.03. The standard InChI is InChI=1S/C11H18N/c1-12(2)6-10-8-3-4-9(5-8)11(10)7-12/h3-4,8-11H,5-7H2,1-2H3/q+1/t8-,9-,10-,11+/m0/s1. The van der Waals surface area contributed by atoms with Gasteiger partial charge >= 0.3 is 0 Å². The van der Waals surface area contributed by atoms with E-state index in [1.165, 1.54) is 24.0 Å². The Morgan fingerprint density at radius 1 is 1.00 bits per heavy atom. The highest BCUT2D eigenvalue weighted by Gasteiger charge is 2.53. The highest BCUT2D eigenvalue weighted by atomic mass is 15.3. The highest BCUT2D eigenvalue weighted by Crippen LogP contribution is 2.52. The summed E-state index contributed by atoms with van der Waals surface area (Å²) in [5.74, 6) is 3.99. The monoisotopic (exact) mass is 164 g/mol. The van der Waals surface area contributed by atoms with E-state index in [2.05, 4.69) is 26.2 Å². The Balaban J connectivity index is 1.91. The topological polar surface area (TPSA) is 0 Å². The van der Waals surface area contributed by atoms with Crippen LogP contribution in [0.5, 0.6) is 0 Å². The molecule has 1 heterocycles. The molecule has 4 atom stereocenters. The van der Waals surface area contributed by atoms with Crippen LogP contribution >= 0.6 is 0 Å². The number of fused-ring (bicyclic) bond motifs is 5. The Bertz CT molecular complexity index is 219. The summed E-state index contributed by atoms with van der Waals surface area (Å²) in [4.78, 5) is 0. The third-order valence-corrected chi connectivity index (χ3v) is 4.21. The fourth-order valence-electron chi connectivity index (χ4n) is 3.78. The Kier molecular flexibility index (Phi) is 1.16. The molecule has 1 aliphatic heterocycles. The van der Waals surface area contributed by atoms with Crippen LogP contribution in [-0.4, -0.2) is 31.7 Å². The van der Waals surface area contributed by atoms with Crippen LogP contribution < -0.4 is 0 Å². The maximum absolute atomic E-state index is 2.48. The van der Waals surface area contributed by atoms with Gasteiger partial charge in [-0.2, -0.15) is 0 Å². The lowest BCUT2D eigenvalue weighted by Gasteiger charge is -2.25. The molecule has 0 unspecified atom stereocenters. The first kappa shape index (κ1) is 7.14. The average molecular weight is 164 g/mol. The number of rotatable bonds is 0. The number of nitrogens with zero attached hydrogens (tertiary/aromatic N) is 1. The maximum atomic E-state index is 2.48. The molecule has 2 bridgehead atoms. The van der Waals surface area contributed by atoms with Crippen molar-refractivity contribution in [3.8, 4) is 0 Å². The molecular formula is C11H18N+. The van der Waals surface area contributed by atoms with Gasteiger partial charge in [0.05, 0.1) is 27.2 Å². The summed E-state index contributed by atoms with van der Waals surface area (Å²) >= 11 is 0. The van der Waals surface area contributed by atoms with Gasteiger partial charge in [-0.15, -0.1) is 0 Å². The molecule has 3 aliphatic rings. The molecule has 1 nitrogen and oxygen atoms in total. The van der Waals surface area contributed by atoms with E-state index in [4.69, 9.17) is 0 Å². The smallest absolute Gasteiger partial charge is 0.0822 e. The van der Waals surface area contributed by atoms with E-state index in [1.807, 2.05) is 0 Å². The van der Waals surface area contributed by atoms with Crippen LogP contribution in [0.4, 0.5) is 0 Å². The summed E-state index contributed by atoms with van der Waals surface area (Å²) in [5, 5.41) is 0. The van der Waals surface area contributed by atoms with Crippen LogP contribution in [0.25, 0.3) is 0 Å². The molecule has 1 saturated carbocycles. The van der Waals surface area contributed by atoms with Gasteiger partial charge in [-0.3, -0.25) is 0 Å². The third-order valence-electron chi connectivity index (χ3n) is 4.21. The molecule has 12 heavy (non-hydrogen) atoms. The predicted molar refractivity (Wildman–Crippen MR) is 49.6 cm³/mol. The quantitative estimate of drug-likeness (QED) is 0.376. The van der Waals surface area contributed by atoms with Crippen molar-refractivity contribution in [2.24, 2.45) is 23.7 Å². The third kappa shape index (κ3) is 0.779. The normalized spacial score (nSPS) is 53.2. The number of allylic oxidation sites excluding steroid dienone is 2. The summed E-state index contributed by atoms with van der Waals surface area (Å²) in [7, 11) is 4.77. The van der Waals surface area contributed by atoms with Gasteiger partial charge < -0.3 is 4.48 Å². The lowest BCUT2D eigenvalue weighted by molar-refractivity contribution is -0.881. The molecule has 0 amide bonds. The van der Waals surface area contributed by atoms with E-state index in [-0.39, 0.29) is 0 Å². The van der Waals surface area contributed by atoms with Crippen molar-refractivity contribution < 1.29 is 4.48 Å². The molecule has 3 rings (SSSR count). The average Bonchev–Trinajstić information content (AvgIpc) is 2.54. The van der Waals surface area contributed by atoms with Gasteiger partial charge in [0.2, 0.25) is 0 Å². The summed E-state index contributed by atoms with van der Waals surface area (Å²) < 4.78 is 1.27. The highest BCUT2D eigenvalue weighted by molar-refractivity contribution is 5.14. The van der Waals surface area contributed by atoms with Crippen LogP contribution in [0.3, 0.4) is 0 Å². The SMILES string of the molecule is C[N+]1(C)C[C@@H]2[C@H](C1)[C@H]1C=C[C@H]2C1. The molecule has 0 radical (unpaired) electrons. The van der Waals surface area contributed by atoms with Crippen LogP contribution in [0.1, 0.15) is 6.42 Å². The van der Waals surface area contributed by atoms with Crippen molar-refractivity contribution in [3.63, 3.8) is 0 Å². The minimum Gasteiger partial charge on any atom is -0.328 e. The number of likely N-dealkylation sites (tertiary alicyclic amines) is 1. The van der Waals surface area contributed by atoms with Gasteiger partial charge in [0.25, 0.3) is 0 Å². The van der Waals surface area contributed by atoms with Crippen molar-refractivity contribution in [1.29, 1.82) is 0 Å². The Morgan fingerprint density at radius 3 is 2.00 bits per heavy atom. The molecule has 1 heteroatoms. The fourth-order valence-corrected chi connectivity index (χ4v) is 3.78. The lowest BCUT2D eigenvalue weighted by atomic mass is 9.86. The van der Waals surface area contributed by atoms with Crippen molar-refractivity contribution in [1.82, 2.24) is 0 Å². The minimum absolute atomic E-state index is 0.958. The van der Waals surface area contributed by atoms with Crippen molar-refractivity contribution in [3.05, 3.63) is 12.2 Å². The summed E-state index contributed by atoms with van der Waals surface area (Å²) in [6, 6.07) is 0. The largest absolute Gasteiger partial charge is 0.328 e. The van der Waals surface area contributed by atoms with E-state index in [0.717, 1.165) is 23.7 Å². The van der Waals surface area contributed by atoms with E-state index in [1.54, 1.807) is 0 Å². The molecule has 0 aromatic heterocycles. The van der Waals surface area contributed by atoms with E-state index >= 15 is 0 Å². The van der Waals surface area contributed by atoms with Crippen molar-refractivity contribution in [2.45, 2.75) is 6.42 Å². The Morgan fingerprint density at radius 2 is 1.50 bits per heavy atom. The first-order valence-electron chi connectivity index (χ1n) is 5.16. The summed E-state index contributed by atoms with van der Waals surface area (Å²) in [6.07, 6.45) is 6.45. The van der Waals surface area contributed by atoms with Gasteiger partial charge in [-0.1, -0.05) is 12.2 Å². The molecule has 2 fully saturated rings. The van der Waals surface area contributed by atoms with Gasteiger partial charge in [0, 0.05) is 11.8 Å². The zero-order chi connectivity index (χ0) is 8.34. The second-order valence-electron chi connectivity index (χ2n) is 5.58. The first-order valence-corrected chi connectivity index (χ1v) is 5.16. The maximum Gasteiger partial charge on any atom is 0.0822 e. The molecule has 0 N–H and O–H groups in total. The van der Waals surface area contributed by atoms with E-state index in [0.29, 0.717) is 0 Å². The number of quaternary nitrogens is 1. The zero-order valence-electron chi connectivity index (χ0n) is 8.03. The van der Waals surface area contributed by atoms with Crippen molar-refractivity contribution >= 4 is 0 Å². The lowest BCUT2D eigenvalue weighted by Crippen LogP contribution is -2.38. The summed E-state index contributed by atoms with van der Waals surface area (Å²) in [6.45, 7) is 2.85. The molecular weight excluding hydrogens is 146 g/mol. The van der Waals surface area contributed by atoms with Gasteiger partial charge in [-0.25, -0.2) is 0 Å². The van der Waals surface area contributed by atoms with Gasteiger partial charge in [0.15, 0.2) is 0 Å². The molecule has 0 aromatic carbocycles. The van der Waals surface area contributed by atoms with E-state index in [9.17, 15) is 0 Å².